The molecule has 2 aromatic heterocycles. The second-order valence-electron chi connectivity index (χ2n) is 3.77. The zero-order valence-corrected chi connectivity index (χ0v) is 13.0. The number of thiophene rings is 1. The van der Waals surface area contributed by atoms with Crippen molar-refractivity contribution in [2.45, 2.75) is 13.1 Å². The Labute approximate surface area is 118 Å². The van der Waals surface area contributed by atoms with Crippen molar-refractivity contribution in [3.05, 3.63) is 31.9 Å². The van der Waals surface area contributed by atoms with Crippen LogP contribution in [0.4, 0.5) is 5.13 Å². The molecule has 0 amide bonds. The Kier molecular flexibility index (Phi) is 4.55. The maximum Gasteiger partial charge on any atom is 0.185 e. The molecule has 2 aromatic rings. The summed E-state index contributed by atoms with van der Waals surface area (Å²) in [5, 5.41) is 8.45. The van der Waals surface area contributed by atoms with Crippen molar-refractivity contribution in [3.8, 4) is 0 Å². The highest BCUT2D eigenvalue weighted by Gasteiger charge is 2.08. The summed E-state index contributed by atoms with van der Waals surface area (Å²) >= 11 is 6.89. The molecule has 0 aliphatic carbocycles. The summed E-state index contributed by atoms with van der Waals surface area (Å²) in [7, 11) is 4.01. The molecule has 3 nitrogen and oxygen atoms in total. The Morgan fingerprint density at radius 1 is 1.41 bits per heavy atom. The fraction of sp³-hybridized carbons (Fsp3) is 0.364. The molecule has 0 radical (unpaired) electrons. The van der Waals surface area contributed by atoms with Gasteiger partial charge in [-0.05, 0) is 40.0 Å². The van der Waals surface area contributed by atoms with Gasteiger partial charge in [-0.1, -0.05) is 0 Å². The largest absolute Gasteiger partial charge is 0.347 e. The first-order chi connectivity index (χ1) is 8.19. The molecule has 0 saturated carbocycles. The van der Waals surface area contributed by atoms with Crippen LogP contribution in [0.25, 0.3) is 0 Å². The summed E-state index contributed by atoms with van der Waals surface area (Å²) < 4.78 is 1.18. The highest BCUT2D eigenvalue weighted by atomic mass is 79.9. The number of hydrogen-bond donors (Lipinski definition) is 1. The molecule has 0 aliphatic heterocycles. The van der Waals surface area contributed by atoms with E-state index in [0.717, 1.165) is 23.9 Å². The van der Waals surface area contributed by atoms with E-state index >= 15 is 0 Å². The molecule has 0 fully saturated rings. The van der Waals surface area contributed by atoms with Crippen LogP contribution >= 0.6 is 38.6 Å². The highest BCUT2D eigenvalue weighted by Crippen LogP contribution is 2.25. The molecule has 92 valence electrons. The number of nitrogens with zero attached hydrogens (tertiary/aromatic N) is 2. The van der Waals surface area contributed by atoms with Crippen molar-refractivity contribution in [2.24, 2.45) is 0 Å². The van der Waals surface area contributed by atoms with E-state index in [1.54, 1.807) is 22.7 Å². The number of thiazole rings is 1. The second kappa shape index (κ2) is 5.95. The van der Waals surface area contributed by atoms with E-state index in [1.165, 1.54) is 9.35 Å². The van der Waals surface area contributed by atoms with Gasteiger partial charge in [-0.2, -0.15) is 0 Å². The van der Waals surface area contributed by atoms with E-state index in [-0.39, 0.29) is 0 Å². The van der Waals surface area contributed by atoms with Crippen LogP contribution in [0.3, 0.4) is 0 Å². The molecule has 1 N–H and O–H groups in total. The topological polar surface area (TPSA) is 28.2 Å². The average molecular weight is 332 g/mol. The van der Waals surface area contributed by atoms with Crippen LogP contribution in [0.5, 0.6) is 0 Å². The first kappa shape index (κ1) is 13.0. The quantitative estimate of drug-likeness (QED) is 0.910. The summed E-state index contributed by atoms with van der Waals surface area (Å²) in [4.78, 5) is 6.76. The van der Waals surface area contributed by atoms with Crippen molar-refractivity contribution in [2.75, 3.05) is 19.0 Å². The number of nitrogens with one attached hydrogen (secondary N) is 1. The minimum atomic E-state index is 0.828. The Morgan fingerprint density at radius 2 is 2.24 bits per heavy atom. The summed E-state index contributed by atoms with van der Waals surface area (Å²) in [6.07, 6.45) is 0. The van der Waals surface area contributed by atoms with E-state index < -0.39 is 0 Å². The van der Waals surface area contributed by atoms with E-state index in [0.29, 0.717) is 0 Å². The molecule has 2 rings (SSSR count). The number of anilines is 1. The minimum absolute atomic E-state index is 0.828. The Morgan fingerprint density at radius 3 is 2.88 bits per heavy atom. The zero-order valence-electron chi connectivity index (χ0n) is 9.74. The smallest absolute Gasteiger partial charge is 0.185 e. The molecule has 0 aromatic carbocycles. The van der Waals surface area contributed by atoms with E-state index in [9.17, 15) is 0 Å². The van der Waals surface area contributed by atoms with Crippen molar-refractivity contribution in [1.29, 1.82) is 0 Å². The van der Waals surface area contributed by atoms with Gasteiger partial charge in [-0.25, -0.2) is 4.98 Å². The Hall–Kier alpha value is -0.430. The van der Waals surface area contributed by atoms with Crippen molar-refractivity contribution < 1.29 is 0 Å². The second-order valence-corrected chi connectivity index (χ2v) is 6.89. The van der Waals surface area contributed by atoms with Crippen molar-refractivity contribution in [3.63, 3.8) is 0 Å². The molecule has 0 atom stereocenters. The van der Waals surface area contributed by atoms with Crippen LogP contribution in [0.1, 0.15) is 11.3 Å². The lowest BCUT2D eigenvalue weighted by Gasteiger charge is -2.14. The molecule has 0 saturated heterocycles. The molecule has 0 bridgehead atoms. The van der Waals surface area contributed by atoms with Crippen molar-refractivity contribution in [1.82, 2.24) is 10.3 Å². The minimum Gasteiger partial charge on any atom is -0.347 e. The maximum atomic E-state index is 4.58. The molecule has 6 heteroatoms. The van der Waals surface area contributed by atoms with Crippen LogP contribution in [-0.2, 0) is 13.1 Å². The first-order valence-corrected chi connectivity index (χ1v) is 7.77. The van der Waals surface area contributed by atoms with Crippen LogP contribution < -0.4 is 10.2 Å². The number of hydrogen-bond acceptors (Lipinski definition) is 5. The molecule has 2 heterocycles. The molecular weight excluding hydrogens is 318 g/mol. The van der Waals surface area contributed by atoms with Crippen LogP contribution in [0, 0.1) is 0 Å². The van der Waals surface area contributed by atoms with E-state index in [2.05, 4.69) is 55.0 Å². The number of halogens is 1. The van der Waals surface area contributed by atoms with Gasteiger partial charge in [0.25, 0.3) is 0 Å². The van der Waals surface area contributed by atoms with Crippen LogP contribution in [-0.4, -0.2) is 19.1 Å². The molecule has 0 aliphatic rings. The molecular formula is C11H14BrN3S2. The molecule has 0 spiro atoms. The molecule has 0 unspecified atom stereocenters. The highest BCUT2D eigenvalue weighted by molar-refractivity contribution is 9.11. The van der Waals surface area contributed by atoms with Gasteiger partial charge in [-0.3, -0.25) is 0 Å². The summed E-state index contributed by atoms with van der Waals surface area (Å²) in [6.45, 7) is 1.73. The Balaban J connectivity index is 2.01. The van der Waals surface area contributed by atoms with Crippen molar-refractivity contribution >= 4 is 43.7 Å². The SMILES string of the molecule is CNCc1csc(N(C)Cc2csc(Br)c2)n1. The van der Waals surface area contributed by atoms with E-state index in [4.69, 9.17) is 0 Å². The van der Waals surface area contributed by atoms with E-state index in [1.807, 2.05) is 7.05 Å². The first-order valence-electron chi connectivity index (χ1n) is 5.22. The zero-order chi connectivity index (χ0) is 12.3. The summed E-state index contributed by atoms with van der Waals surface area (Å²) in [6, 6.07) is 2.16. The van der Waals surface area contributed by atoms with Crippen LogP contribution in [0.15, 0.2) is 20.6 Å². The lowest BCUT2D eigenvalue weighted by Crippen LogP contribution is -2.16. The average Bonchev–Trinajstić information content (AvgIpc) is 2.88. The third-order valence-corrected chi connectivity index (χ3v) is 4.82. The number of rotatable bonds is 5. The lowest BCUT2D eigenvalue weighted by molar-refractivity contribution is 0.793. The standard InChI is InChI=1S/C11H14BrN3S2/c1-13-4-9-7-17-11(14-9)15(2)5-8-3-10(12)16-6-8/h3,6-7,13H,4-5H2,1-2H3. The monoisotopic (exact) mass is 331 g/mol. The van der Waals surface area contributed by atoms with Gasteiger partial charge < -0.3 is 10.2 Å². The van der Waals surface area contributed by atoms with Gasteiger partial charge in [-0.15, -0.1) is 22.7 Å². The van der Waals surface area contributed by atoms with Gasteiger partial charge in [0.1, 0.15) is 0 Å². The fourth-order valence-corrected chi connectivity index (χ4v) is 3.50. The van der Waals surface area contributed by atoms with Gasteiger partial charge in [0.05, 0.1) is 9.48 Å². The van der Waals surface area contributed by atoms with Gasteiger partial charge in [0, 0.05) is 25.5 Å². The van der Waals surface area contributed by atoms with Gasteiger partial charge in [0.15, 0.2) is 5.13 Å². The Bertz CT molecular complexity index is 481. The summed E-state index contributed by atoms with van der Waals surface area (Å²) in [5.74, 6) is 0. The summed E-state index contributed by atoms with van der Waals surface area (Å²) in [5.41, 5.74) is 2.42. The lowest BCUT2D eigenvalue weighted by atomic mass is 10.3. The van der Waals surface area contributed by atoms with Gasteiger partial charge >= 0.3 is 0 Å². The van der Waals surface area contributed by atoms with Crippen LogP contribution in [0.2, 0.25) is 0 Å². The molecule has 17 heavy (non-hydrogen) atoms. The predicted molar refractivity (Wildman–Crippen MR) is 79.0 cm³/mol. The third-order valence-electron chi connectivity index (χ3n) is 2.27. The predicted octanol–water partition coefficient (Wildman–Crippen LogP) is 3.32. The van der Waals surface area contributed by atoms with Gasteiger partial charge in [0.2, 0.25) is 0 Å². The normalized spacial score (nSPS) is 10.8. The number of aromatic nitrogens is 1. The third kappa shape index (κ3) is 3.51. The fourth-order valence-electron chi connectivity index (χ4n) is 1.50. The maximum absolute atomic E-state index is 4.58.